The van der Waals surface area contributed by atoms with Gasteiger partial charge in [-0.2, -0.15) is 0 Å². The zero-order chi connectivity index (χ0) is 22.9. The van der Waals surface area contributed by atoms with Crippen molar-refractivity contribution in [1.29, 1.82) is 0 Å². The topological polar surface area (TPSA) is 57.3 Å². The van der Waals surface area contributed by atoms with E-state index in [0.29, 0.717) is 12.4 Å². The van der Waals surface area contributed by atoms with Crippen molar-refractivity contribution >= 4 is 29.0 Å². The normalized spacial score (nSPS) is 11.0. The second-order valence-electron chi connectivity index (χ2n) is 7.53. The summed E-state index contributed by atoms with van der Waals surface area (Å²) in [4.78, 5) is 18.2. The van der Waals surface area contributed by atoms with Crippen molar-refractivity contribution in [2.75, 3.05) is 15.5 Å². The summed E-state index contributed by atoms with van der Waals surface area (Å²) < 4.78 is 0. The van der Waals surface area contributed by atoms with Crippen LogP contribution in [0.3, 0.4) is 0 Å². The van der Waals surface area contributed by atoms with Gasteiger partial charge in [-0.3, -0.25) is 14.7 Å². The number of para-hydroxylation sites is 3. The van der Waals surface area contributed by atoms with Crippen molar-refractivity contribution in [2.45, 2.75) is 13.5 Å². The summed E-state index contributed by atoms with van der Waals surface area (Å²) in [6.07, 6.45) is 6.07. The largest absolute Gasteiger partial charge is 0.381 e. The van der Waals surface area contributed by atoms with Crippen molar-refractivity contribution in [3.05, 3.63) is 126 Å². The van der Waals surface area contributed by atoms with E-state index in [9.17, 15) is 4.79 Å². The number of nitrogens with one attached hydrogen (secondary N) is 2. The summed E-state index contributed by atoms with van der Waals surface area (Å²) in [5.74, 6) is 0.651. The SMILES string of the molecule is Cc1cncc(CNc2ccccc2)c1N(/C(=C\C=O)Nc1ccccc1)c1ccccc1. The summed E-state index contributed by atoms with van der Waals surface area (Å²) in [5, 5.41) is 6.90. The fourth-order valence-electron chi connectivity index (χ4n) is 3.69. The number of benzene rings is 3. The van der Waals surface area contributed by atoms with Gasteiger partial charge >= 0.3 is 0 Å². The van der Waals surface area contributed by atoms with E-state index in [4.69, 9.17) is 0 Å². The van der Waals surface area contributed by atoms with E-state index >= 15 is 0 Å². The van der Waals surface area contributed by atoms with Crippen LogP contribution in [0.25, 0.3) is 0 Å². The highest BCUT2D eigenvalue weighted by Gasteiger charge is 2.20. The molecular weight excluding hydrogens is 408 g/mol. The summed E-state index contributed by atoms with van der Waals surface area (Å²) in [7, 11) is 0. The maximum Gasteiger partial charge on any atom is 0.146 e. The van der Waals surface area contributed by atoms with E-state index in [1.165, 1.54) is 0 Å². The first-order valence-corrected chi connectivity index (χ1v) is 10.8. The molecule has 0 radical (unpaired) electrons. The Morgan fingerprint density at radius 3 is 2.09 bits per heavy atom. The first-order chi connectivity index (χ1) is 16.3. The van der Waals surface area contributed by atoms with Gasteiger partial charge < -0.3 is 10.6 Å². The fourth-order valence-corrected chi connectivity index (χ4v) is 3.69. The van der Waals surface area contributed by atoms with Crippen LogP contribution in [0.2, 0.25) is 0 Å². The van der Waals surface area contributed by atoms with Crippen LogP contribution in [0.5, 0.6) is 0 Å². The van der Waals surface area contributed by atoms with Crippen LogP contribution in [0.4, 0.5) is 22.7 Å². The van der Waals surface area contributed by atoms with Crippen molar-refractivity contribution in [3.8, 4) is 0 Å². The van der Waals surface area contributed by atoms with Crippen LogP contribution in [0, 0.1) is 6.92 Å². The molecule has 164 valence electrons. The van der Waals surface area contributed by atoms with Crippen LogP contribution in [-0.2, 0) is 11.3 Å². The highest BCUT2D eigenvalue weighted by atomic mass is 16.1. The molecule has 0 unspecified atom stereocenters. The van der Waals surface area contributed by atoms with E-state index < -0.39 is 0 Å². The van der Waals surface area contributed by atoms with E-state index in [1.54, 1.807) is 6.08 Å². The molecule has 4 rings (SSSR count). The lowest BCUT2D eigenvalue weighted by molar-refractivity contribution is -0.104. The van der Waals surface area contributed by atoms with Crippen LogP contribution in [-0.4, -0.2) is 11.3 Å². The number of aldehydes is 1. The van der Waals surface area contributed by atoms with Gasteiger partial charge in [-0.25, -0.2) is 0 Å². The molecule has 0 aliphatic carbocycles. The molecule has 0 aliphatic heterocycles. The molecule has 2 N–H and O–H groups in total. The van der Waals surface area contributed by atoms with Gasteiger partial charge in [0, 0.05) is 47.6 Å². The molecule has 33 heavy (non-hydrogen) atoms. The lowest BCUT2D eigenvalue weighted by atomic mass is 10.1. The smallest absolute Gasteiger partial charge is 0.146 e. The van der Waals surface area contributed by atoms with Gasteiger partial charge in [0.25, 0.3) is 0 Å². The average molecular weight is 435 g/mol. The standard InChI is InChI=1S/C28H26N4O/c1-22-19-29-20-23(21-30-24-11-5-2-6-12-24)28(22)32(26-15-9-4-10-16-26)27(17-18-33)31-25-13-7-3-8-14-25/h2-20,30-31H,21H2,1H3/b27-17-. The van der Waals surface area contributed by atoms with E-state index in [-0.39, 0.29) is 0 Å². The van der Waals surface area contributed by atoms with Crippen LogP contribution in [0.15, 0.2) is 115 Å². The van der Waals surface area contributed by atoms with Crippen LogP contribution in [0.1, 0.15) is 11.1 Å². The van der Waals surface area contributed by atoms with Crippen molar-refractivity contribution in [2.24, 2.45) is 0 Å². The molecule has 0 aliphatic rings. The van der Waals surface area contributed by atoms with Gasteiger partial charge in [0.2, 0.25) is 0 Å². The molecule has 5 nitrogen and oxygen atoms in total. The highest BCUT2D eigenvalue weighted by molar-refractivity contribution is 5.79. The van der Waals surface area contributed by atoms with Crippen LogP contribution < -0.4 is 15.5 Å². The van der Waals surface area contributed by atoms with E-state index in [1.807, 2.05) is 110 Å². The number of anilines is 4. The Morgan fingerprint density at radius 1 is 0.848 bits per heavy atom. The zero-order valence-corrected chi connectivity index (χ0v) is 18.5. The van der Waals surface area contributed by atoms with E-state index in [0.717, 1.165) is 40.2 Å². The number of hydrogen-bond donors (Lipinski definition) is 2. The third kappa shape index (κ3) is 5.46. The highest BCUT2D eigenvalue weighted by Crippen LogP contribution is 2.35. The number of aryl methyl sites for hydroxylation is 1. The average Bonchev–Trinajstić information content (AvgIpc) is 2.86. The number of allylic oxidation sites excluding steroid dienone is 1. The van der Waals surface area contributed by atoms with Crippen molar-refractivity contribution in [3.63, 3.8) is 0 Å². The number of carbonyl (C=O) groups is 1. The minimum Gasteiger partial charge on any atom is -0.381 e. The van der Waals surface area contributed by atoms with Gasteiger partial charge in [-0.15, -0.1) is 0 Å². The number of carbonyl (C=O) groups excluding carboxylic acids is 1. The molecule has 0 spiro atoms. The second-order valence-corrected chi connectivity index (χ2v) is 7.53. The summed E-state index contributed by atoms with van der Waals surface area (Å²) in [6, 6.07) is 29.9. The third-order valence-corrected chi connectivity index (χ3v) is 5.18. The second kappa shape index (κ2) is 10.8. The molecule has 0 saturated heterocycles. The zero-order valence-electron chi connectivity index (χ0n) is 18.5. The molecule has 0 amide bonds. The molecule has 0 saturated carbocycles. The first-order valence-electron chi connectivity index (χ1n) is 10.8. The van der Waals surface area contributed by atoms with Gasteiger partial charge in [-0.05, 0) is 48.9 Å². The van der Waals surface area contributed by atoms with Gasteiger partial charge in [-0.1, -0.05) is 54.6 Å². The Hall–Kier alpha value is -4.38. The first kappa shape index (κ1) is 21.8. The lowest BCUT2D eigenvalue weighted by Gasteiger charge is -2.31. The predicted octanol–water partition coefficient (Wildman–Crippen LogP) is 6.29. The number of hydrogen-bond acceptors (Lipinski definition) is 5. The van der Waals surface area contributed by atoms with Gasteiger partial charge in [0.15, 0.2) is 0 Å². The molecule has 0 bridgehead atoms. The maximum absolute atomic E-state index is 11.7. The number of nitrogens with zero attached hydrogens (tertiary/aromatic N) is 2. The van der Waals surface area contributed by atoms with Crippen molar-refractivity contribution in [1.82, 2.24) is 4.98 Å². The number of aromatic nitrogens is 1. The molecule has 0 fully saturated rings. The Balaban J connectivity index is 1.79. The molecule has 5 heteroatoms. The molecular formula is C28H26N4O. The minimum absolute atomic E-state index is 0.580. The Kier molecular flexibility index (Phi) is 7.13. The third-order valence-electron chi connectivity index (χ3n) is 5.18. The molecule has 1 aromatic heterocycles. The fraction of sp³-hybridized carbons (Fsp3) is 0.0714. The molecule has 0 atom stereocenters. The Morgan fingerprint density at radius 2 is 1.45 bits per heavy atom. The molecule has 3 aromatic carbocycles. The summed E-state index contributed by atoms with van der Waals surface area (Å²) in [6.45, 7) is 2.61. The molecule has 4 aromatic rings. The minimum atomic E-state index is 0.580. The maximum atomic E-state index is 11.7. The van der Waals surface area contributed by atoms with E-state index in [2.05, 4.69) is 20.5 Å². The Labute approximate surface area is 194 Å². The van der Waals surface area contributed by atoms with Crippen LogP contribution >= 0.6 is 0 Å². The summed E-state index contributed by atoms with van der Waals surface area (Å²) >= 11 is 0. The number of rotatable bonds is 9. The predicted molar refractivity (Wildman–Crippen MR) is 136 cm³/mol. The number of pyridine rings is 1. The summed E-state index contributed by atoms with van der Waals surface area (Å²) in [5.41, 5.74) is 5.83. The monoisotopic (exact) mass is 434 g/mol. The Bertz CT molecular complexity index is 1210. The van der Waals surface area contributed by atoms with Gasteiger partial charge in [0.05, 0.1) is 5.69 Å². The lowest BCUT2D eigenvalue weighted by Crippen LogP contribution is -2.25. The quantitative estimate of drug-likeness (QED) is 0.239. The van der Waals surface area contributed by atoms with Crippen molar-refractivity contribution < 1.29 is 4.79 Å². The molecule has 1 heterocycles. The van der Waals surface area contributed by atoms with Gasteiger partial charge in [0.1, 0.15) is 12.1 Å².